The molecule has 2 amide bonds. The number of carbonyl (C=O) groups is 1. The monoisotopic (exact) mass is 306 g/mol. The third kappa shape index (κ3) is 4.16. The lowest BCUT2D eigenvalue weighted by molar-refractivity contribution is 0.151. The lowest BCUT2D eigenvalue weighted by atomic mass is 9.95. The van der Waals surface area contributed by atoms with E-state index in [1.54, 1.807) is 12.0 Å². The summed E-state index contributed by atoms with van der Waals surface area (Å²) in [5.74, 6) is 0.703. The van der Waals surface area contributed by atoms with Crippen LogP contribution in [0, 0.1) is 6.92 Å². The smallest absolute Gasteiger partial charge is 0.317 e. The number of rotatable bonds is 6. The number of urea groups is 1. The van der Waals surface area contributed by atoms with Gasteiger partial charge in [0.25, 0.3) is 0 Å². The number of likely N-dealkylation sites (N-methyl/N-ethyl adjacent to an activating group) is 1. The molecular formula is C16H26N4O2. The Balaban J connectivity index is 1.96. The second-order valence-electron chi connectivity index (χ2n) is 5.59. The van der Waals surface area contributed by atoms with Crippen LogP contribution in [0.25, 0.3) is 0 Å². The van der Waals surface area contributed by atoms with Crippen LogP contribution in [-0.4, -0.2) is 47.7 Å². The van der Waals surface area contributed by atoms with E-state index in [1.165, 1.54) is 18.4 Å². The number of aryl methyl sites for hydroxylation is 2. The molecule has 1 aliphatic rings. The Morgan fingerprint density at radius 3 is 2.82 bits per heavy atom. The molecule has 0 saturated heterocycles. The van der Waals surface area contributed by atoms with E-state index >= 15 is 0 Å². The number of aromatic nitrogens is 2. The van der Waals surface area contributed by atoms with Gasteiger partial charge in [0.2, 0.25) is 0 Å². The highest BCUT2D eigenvalue weighted by Crippen LogP contribution is 2.21. The zero-order chi connectivity index (χ0) is 15.9. The molecule has 6 heteroatoms. The fourth-order valence-electron chi connectivity index (χ4n) is 2.79. The number of hydrogen-bond donors (Lipinski definition) is 1. The maximum absolute atomic E-state index is 12.1. The van der Waals surface area contributed by atoms with E-state index in [1.807, 2.05) is 13.8 Å². The SMILES string of the molecule is CCN(CCOC)C(=O)NCc1nc(C)c2c(n1)CCCC2. The first-order chi connectivity index (χ1) is 10.7. The number of fused-ring (bicyclic) bond motifs is 1. The summed E-state index contributed by atoms with van der Waals surface area (Å²) in [7, 11) is 1.63. The molecule has 0 saturated carbocycles. The average molecular weight is 306 g/mol. The van der Waals surface area contributed by atoms with Crippen molar-refractivity contribution in [3.63, 3.8) is 0 Å². The Morgan fingerprint density at radius 2 is 2.09 bits per heavy atom. The number of carbonyl (C=O) groups excluding carboxylic acids is 1. The number of methoxy groups -OCH3 is 1. The van der Waals surface area contributed by atoms with Crippen LogP contribution in [0.5, 0.6) is 0 Å². The topological polar surface area (TPSA) is 67.3 Å². The van der Waals surface area contributed by atoms with Crippen molar-refractivity contribution in [1.29, 1.82) is 0 Å². The van der Waals surface area contributed by atoms with Gasteiger partial charge in [0.05, 0.1) is 13.2 Å². The van der Waals surface area contributed by atoms with Crippen LogP contribution in [0.3, 0.4) is 0 Å². The Kier molecular flexibility index (Phi) is 6.12. The highest BCUT2D eigenvalue weighted by Gasteiger charge is 2.16. The van der Waals surface area contributed by atoms with E-state index in [4.69, 9.17) is 4.74 Å². The van der Waals surface area contributed by atoms with Gasteiger partial charge >= 0.3 is 6.03 Å². The van der Waals surface area contributed by atoms with Gasteiger partial charge in [-0.1, -0.05) is 0 Å². The van der Waals surface area contributed by atoms with Gasteiger partial charge in [-0.05, 0) is 45.1 Å². The van der Waals surface area contributed by atoms with E-state index in [-0.39, 0.29) is 6.03 Å². The van der Waals surface area contributed by atoms with Gasteiger partial charge in [-0.15, -0.1) is 0 Å². The predicted octanol–water partition coefficient (Wildman–Crippen LogP) is 1.84. The lowest BCUT2D eigenvalue weighted by Crippen LogP contribution is -2.41. The molecule has 122 valence electrons. The number of hydrogen-bond acceptors (Lipinski definition) is 4. The number of ether oxygens (including phenoxy) is 1. The molecule has 1 aromatic rings. The Morgan fingerprint density at radius 1 is 1.32 bits per heavy atom. The van der Waals surface area contributed by atoms with E-state index < -0.39 is 0 Å². The maximum Gasteiger partial charge on any atom is 0.317 e. The average Bonchev–Trinajstić information content (AvgIpc) is 2.53. The molecule has 1 aliphatic carbocycles. The van der Waals surface area contributed by atoms with Crippen LogP contribution in [-0.2, 0) is 24.1 Å². The lowest BCUT2D eigenvalue weighted by Gasteiger charge is -2.21. The zero-order valence-electron chi connectivity index (χ0n) is 13.8. The van der Waals surface area contributed by atoms with Crippen LogP contribution in [0.4, 0.5) is 4.79 Å². The highest BCUT2D eigenvalue weighted by molar-refractivity contribution is 5.74. The summed E-state index contributed by atoms with van der Waals surface area (Å²) in [5, 5.41) is 2.90. The summed E-state index contributed by atoms with van der Waals surface area (Å²) in [5.41, 5.74) is 3.52. The van der Waals surface area contributed by atoms with Crippen LogP contribution in [0.15, 0.2) is 0 Å². The third-order valence-electron chi connectivity index (χ3n) is 4.07. The molecule has 0 spiro atoms. The fourth-order valence-corrected chi connectivity index (χ4v) is 2.79. The normalized spacial score (nSPS) is 13.6. The summed E-state index contributed by atoms with van der Waals surface area (Å²) < 4.78 is 5.02. The van der Waals surface area contributed by atoms with Crippen molar-refractivity contribution in [2.24, 2.45) is 0 Å². The summed E-state index contributed by atoms with van der Waals surface area (Å²) in [6.45, 7) is 6.14. The van der Waals surface area contributed by atoms with Gasteiger partial charge in [-0.25, -0.2) is 14.8 Å². The van der Waals surface area contributed by atoms with Crippen LogP contribution in [0.1, 0.15) is 42.5 Å². The molecule has 0 bridgehead atoms. The summed E-state index contributed by atoms with van der Waals surface area (Å²) >= 11 is 0. The van der Waals surface area contributed by atoms with Gasteiger partial charge in [0.1, 0.15) is 5.82 Å². The fraction of sp³-hybridized carbons (Fsp3) is 0.688. The Hall–Kier alpha value is -1.69. The molecule has 0 radical (unpaired) electrons. The number of amides is 2. The standard InChI is InChI=1S/C16H26N4O2/c1-4-20(9-10-22-3)16(21)17-11-15-18-12(2)13-7-5-6-8-14(13)19-15/h4-11H2,1-3H3,(H,17,21). The molecule has 1 heterocycles. The van der Waals surface area contributed by atoms with Crippen molar-refractivity contribution >= 4 is 6.03 Å². The van der Waals surface area contributed by atoms with Crippen molar-refractivity contribution in [1.82, 2.24) is 20.2 Å². The Bertz CT molecular complexity index is 519. The minimum atomic E-state index is -0.0986. The van der Waals surface area contributed by atoms with Crippen molar-refractivity contribution in [3.8, 4) is 0 Å². The van der Waals surface area contributed by atoms with Crippen LogP contribution >= 0.6 is 0 Å². The first-order valence-electron chi connectivity index (χ1n) is 8.02. The van der Waals surface area contributed by atoms with Crippen molar-refractivity contribution in [3.05, 3.63) is 22.8 Å². The van der Waals surface area contributed by atoms with Crippen molar-refractivity contribution < 1.29 is 9.53 Å². The summed E-state index contributed by atoms with van der Waals surface area (Å²) in [6.07, 6.45) is 4.51. The maximum atomic E-state index is 12.1. The molecule has 0 unspecified atom stereocenters. The third-order valence-corrected chi connectivity index (χ3v) is 4.07. The molecule has 0 atom stereocenters. The molecule has 6 nitrogen and oxygen atoms in total. The minimum Gasteiger partial charge on any atom is -0.383 e. The summed E-state index contributed by atoms with van der Waals surface area (Å²) in [6, 6.07) is -0.0986. The van der Waals surface area contributed by atoms with Gasteiger partial charge in [0, 0.05) is 31.6 Å². The van der Waals surface area contributed by atoms with Gasteiger partial charge in [-0.2, -0.15) is 0 Å². The van der Waals surface area contributed by atoms with E-state index in [0.29, 0.717) is 32.1 Å². The van der Waals surface area contributed by atoms with E-state index in [0.717, 1.165) is 24.2 Å². The molecule has 2 rings (SSSR count). The molecular weight excluding hydrogens is 280 g/mol. The molecule has 0 aliphatic heterocycles. The number of nitrogens with one attached hydrogen (secondary N) is 1. The zero-order valence-corrected chi connectivity index (χ0v) is 13.8. The second-order valence-corrected chi connectivity index (χ2v) is 5.59. The van der Waals surface area contributed by atoms with Crippen molar-refractivity contribution in [2.45, 2.75) is 46.1 Å². The first-order valence-corrected chi connectivity index (χ1v) is 8.02. The van der Waals surface area contributed by atoms with Crippen LogP contribution in [0.2, 0.25) is 0 Å². The van der Waals surface area contributed by atoms with E-state index in [9.17, 15) is 4.79 Å². The van der Waals surface area contributed by atoms with Gasteiger partial charge < -0.3 is 15.0 Å². The highest BCUT2D eigenvalue weighted by atomic mass is 16.5. The Labute approximate surface area is 132 Å². The predicted molar refractivity (Wildman–Crippen MR) is 84.8 cm³/mol. The largest absolute Gasteiger partial charge is 0.383 e. The van der Waals surface area contributed by atoms with Crippen molar-refractivity contribution in [2.75, 3.05) is 26.8 Å². The first kappa shape index (κ1) is 16.7. The second kappa shape index (κ2) is 8.08. The van der Waals surface area contributed by atoms with Crippen LogP contribution < -0.4 is 5.32 Å². The number of nitrogens with zero attached hydrogens (tertiary/aromatic N) is 3. The molecule has 1 aromatic heterocycles. The molecule has 22 heavy (non-hydrogen) atoms. The van der Waals surface area contributed by atoms with Gasteiger partial charge in [-0.3, -0.25) is 0 Å². The van der Waals surface area contributed by atoms with E-state index in [2.05, 4.69) is 15.3 Å². The quantitative estimate of drug-likeness (QED) is 0.871. The molecule has 1 N–H and O–H groups in total. The molecule has 0 aromatic carbocycles. The molecule has 0 fully saturated rings. The minimum absolute atomic E-state index is 0.0986. The summed E-state index contributed by atoms with van der Waals surface area (Å²) in [4.78, 5) is 23.0. The van der Waals surface area contributed by atoms with Gasteiger partial charge in [0.15, 0.2) is 0 Å².